The van der Waals surface area contributed by atoms with Crippen LogP contribution in [0, 0.1) is 5.82 Å². The molecule has 0 aliphatic rings. The van der Waals surface area contributed by atoms with Gasteiger partial charge in [-0.05, 0) is 31.2 Å². The molecule has 0 amide bonds. The van der Waals surface area contributed by atoms with Crippen molar-refractivity contribution in [1.29, 1.82) is 0 Å². The SMILES string of the molecule is CN=C(NCCc1cn2ccccc2n1)NCC(C)Oc1cccc(F)c1.I. The van der Waals surface area contributed by atoms with Crippen molar-refractivity contribution in [2.45, 2.75) is 19.4 Å². The maximum atomic E-state index is 13.2. The highest BCUT2D eigenvalue weighted by molar-refractivity contribution is 14.0. The number of benzene rings is 1. The number of rotatable bonds is 7. The summed E-state index contributed by atoms with van der Waals surface area (Å²) < 4.78 is 20.9. The topological polar surface area (TPSA) is 63.0 Å². The third kappa shape index (κ3) is 6.36. The lowest BCUT2D eigenvalue weighted by Crippen LogP contribution is -2.42. The second kappa shape index (κ2) is 10.8. The molecular weight excluding hydrogens is 472 g/mol. The second-order valence-electron chi connectivity index (χ2n) is 6.21. The first-order valence-electron chi connectivity index (χ1n) is 8.93. The number of pyridine rings is 1. The molecule has 2 aromatic heterocycles. The number of imidazole rings is 1. The van der Waals surface area contributed by atoms with Crippen LogP contribution in [-0.2, 0) is 6.42 Å². The molecule has 1 unspecified atom stereocenters. The molecule has 150 valence electrons. The van der Waals surface area contributed by atoms with Gasteiger partial charge in [0.05, 0.1) is 12.2 Å². The Bertz CT molecular complexity index is 881. The van der Waals surface area contributed by atoms with Gasteiger partial charge in [0.2, 0.25) is 0 Å². The molecule has 0 aliphatic heterocycles. The van der Waals surface area contributed by atoms with Crippen molar-refractivity contribution in [3.63, 3.8) is 0 Å². The number of hydrogen-bond acceptors (Lipinski definition) is 3. The van der Waals surface area contributed by atoms with Crippen LogP contribution >= 0.6 is 24.0 Å². The molecule has 0 radical (unpaired) electrons. The highest BCUT2D eigenvalue weighted by Crippen LogP contribution is 2.13. The van der Waals surface area contributed by atoms with E-state index in [0.29, 0.717) is 24.8 Å². The predicted octanol–water partition coefficient (Wildman–Crippen LogP) is 3.27. The van der Waals surface area contributed by atoms with Gasteiger partial charge in [-0.15, -0.1) is 24.0 Å². The van der Waals surface area contributed by atoms with Crippen LogP contribution in [0.4, 0.5) is 4.39 Å². The lowest BCUT2D eigenvalue weighted by molar-refractivity contribution is 0.223. The molecule has 0 spiro atoms. The van der Waals surface area contributed by atoms with Gasteiger partial charge in [0.1, 0.15) is 23.3 Å². The smallest absolute Gasteiger partial charge is 0.191 e. The van der Waals surface area contributed by atoms with Crippen LogP contribution in [-0.4, -0.2) is 41.6 Å². The van der Waals surface area contributed by atoms with Gasteiger partial charge in [-0.25, -0.2) is 9.37 Å². The van der Waals surface area contributed by atoms with E-state index in [1.165, 1.54) is 12.1 Å². The van der Waals surface area contributed by atoms with Crippen molar-refractivity contribution in [3.8, 4) is 5.75 Å². The van der Waals surface area contributed by atoms with E-state index in [-0.39, 0.29) is 35.9 Å². The quantitative estimate of drug-likeness (QED) is 0.299. The number of aliphatic imine (C=N–C) groups is 1. The van der Waals surface area contributed by atoms with Crippen LogP contribution in [0.3, 0.4) is 0 Å². The van der Waals surface area contributed by atoms with Crippen molar-refractivity contribution in [3.05, 3.63) is 66.4 Å². The molecular formula is C20H25FIN5O. The van der Waals surface area contributed by atoms with Gasteiger partial charge >= 0.3 is 0 Å². The maximum absolute atomic E-state index is 13.2. The zero-order chi connectivity index (χ0) is 19.1. The minimum Gasteiger partial charge on any atom is -0.489 e. The van der Waals surface area contributed by atoms with Crippen molar-refractivity contribution < 1.29 is 9.13 Å². The standard InChI is InChI=1S/C20H24FN5O.HI/c1-15(27-18-7-5-6-16(21)12-18)13-24-20(22-2)23-10-9-17-14-26-11-4-3-8-19(26)25-17;/h3-8,11-12,14-15H,9-10,13H2,1-2H3,(H2,22,23,24);1H. The van der Waals surface area contributed by atoms with E-state index in [1.807, 2.05) is 41.9 Å². The molecule has 0 saturated heterocycles. The van der Waals surface area contributed by atoms with Gasteiger partial charge in [0, 0.05) is 38.5 Å². The van der Waals surface area contributed by atoms with E-state index in [2.05, 4.69) is 20.6 Å². The Kier molecular flexibility index (Phi) is 8.49. The lowest BCUT2D eigenvalue weighted by Gasteiger charge is -2.17. The van der Waals surface area contributed by atoms with Gasteiger partial charge < -0.3 is 19.8 Å². The Labute approximate surface area is 181 Å². The van der Waals surface area contributed by atoms with Crippen LogP contribution in [0.2, 0.25) is 0 Å². The van der Waals surface area contributed by atoms with Gasteiger partial charge in [-0.1, -0.05) is 12.1 Å². The molecule has 0 saturated carbocycles. The summed E-state index contributed by atoms with van der Waals surface area (Å²) in [6.45, 7) is 3.18. The number of nitrogens with one attached hydrogen (secondary N) is 2. The third-order valence-electron chi connectivity index (χ3n) is 4.00. The van der Waals surface area contributed by atoms with Crippen molar-refractivity contribution in [1.82, 2.24) is 20.0 Å². The fourth-order valence-corrected chi connectivity index (χ4v) is 2.69. The zero-order valence-electron chi connectivity index (χ0n) is 15.9. The number of aromatic nitrogens is 2. The first-order chi connectivity index (χ1) is 13.1. The monoisotopic (exact) mass is 497 g/mol. The molecule has 6 nitrogen and oxygen atoms in total. The summed E-state index contributed by atoms with van der Waals surface area (Å²) in [5.74, 6) is 0.893. The fraction of sp³-hybridized carbons (Fsp3) is 0.300. The molecule has 1 atom stereocenters. The number of ether oxygens (including phenoxy) is 1. The van der Waals surface area contributed by atoms with Gasteiger partial charge in [0.25, 0.3) is 0 Å². The Morgan fingerprint density at radius 2 is 2.11 bits per heavy atom. The normalized spacial score (nSPS) is 12.3. The van der Waals surface area contributed by atoms with E-state index in [1.54, 1.807) is 19.2 Å². The number of guanidine groups is 1. The van der Waals surface area contributed by atoms with Crippen LogP contribution < -0.4 is 15.4 Å². The molecule has 3 rings (SSSR count). The number of hydrogen-bond donors (Lipinski definition) is 2. The molecule has 0 fully saturated rings. The highest BCUT2D eigenvalue weighted by atomic mass is 127. The summed E-state index contributed by atoms with van der Waals surface area (Å²) in [4.78, 5) is 8.78. The van der Waals surface area contributed by atoms with Crippen LogP contribution in [0.1, 0.15) is 12.6 Å². The Hall–Kier alpha value is -2.36. The van der Waals surface area contributed by atoms with Crippen molar-refractivity contribution in [2.24, 2.45) is 4.99 Å². The van der Waals surface area contributed by atoms with E-state index in [9.17, 15) is 4.39 Å². The van der Waals surface area contributed by atoms with E-state index in [4.69, 9.17) is 4.74 Å². The van der Waals surface area contributed by atoms with Crippen molar-refractivity contribution in [2.75, 3.05) is 20.1 Å². The Morgan fingerprint density at radius 3 is 2.86 bits per heavy atom. The lowest BCUT2D eigenvalue weighted by atomic mass is 10.3. The summed E-state index contributed by atoms with van der Waals surface area (Å²) in [6, 6.07) is 12.1. The first-order valence-corrected chi connectivity index (χ1v) is 8.93. The summed E-state index contributed by atoms with van der Waals surface area (Å²) in [6.07, 6.45) is 4.67. The molecule has 8 heteroatoms. The molecule has 2 N–H and O–H groups in total. The molecule has 0 bridgehead atoms. The van der Waals surface area contributed by atoms with E-state index < -0.39 is 0 Å². The van der Waals surface area contributed by atoms with E-state index in [0.717, 1.165) is 17.8 Å². The zero-order valence-corrected chi connectivity index (χ0v) is 18.3. The number of fused-ring (bicyclic) bond motifs is 1. The average Bonchev–Trinajstić information content (AvgIpc) is 3.07. The van der Waals surface area contributed by atoms with Crippen LogP contribution in [0.5, 0.6) is 5.75 Å². The Balaban J connectivity index is 0.00000280. The molecule has 28 heavy (non-hydrogen) atoms. The van der Waals surface area contributed by atoms with Crippen molar-refractivity contribution >= 4 is 35.6 Å². The summed E-state index contributed by atoms with van der Waals surface area (Å²) in [7, 11) is 1.72. The Morgan fingerprint density at radius 1 is 1.25 bits per heavy atom. The number of nitrogens with zero attached hydrogens (tertiary/aromatic N) is 3. The molecule has 2 heterocycles. The summed E-state index contributed by atoms with van der Waals surface area (Å²) in [5, 5.41) is 6.48. The second-order valence-corrected chi connectivity index (χ2v) is 6.21. The molecule has 3 aromatic rings. The van der Waals surface area contributed by atoms with E-state index >= 15 is 0 Å². The molecule has 0 aliphatic carbocycles. The van der Waals surface area contributed by atoms with Gasteiger partial charge in [0.15, 0.2) is 5.96 Å². The third-order valence-corrected chi connectivity index (χ3v) is 4.00. The van der Waals surface area contributed by atoms with Crippen LogP contribution in [0.25, 0.3) is 5.65 Å². The maximum Gasteiger partial charge on any atom is 0.191 e. The highest BCUT2D eigenvalue weighted by Gasteiger charge is 2.07. The van der Waals surface area contributed by atoms with Crippen LogP contribution in [0.15, 0.2) is 59.9 Å². The van der Waals surface area contributed by atoms with Gasteiger partial charge in [-0.3, -0.25) is 4.99 Å². The first kappa shape index (κ1) is 21.9. The fourth-order valence-electron chi connectivity index (χ4n) is 2.69. The molecule has 1 aromatic carbocycles. The largest absolute Gasteiger partial charge is 0.489 e. The predicted molar refractivity (Wildman–Crippen MR) is 120 cm³/mol. The average molecular weight is 497 g/mol. The summed E-state index contributed by atoms with van der Waals surface area (Å²) in [5.41, 5.74) is 1.96. The minimum atomic E-state index is -0.308. The van der Waals surface area contributed by atoms with Gasteiger partial charge in [-0.2, -0.15) is 0 Å². The summed E-state index contributed by atoms with van der Waals surface area (Å²) >= 11 is 0. The minimum absolute atomic E-state index is 0. The number of halogens is 2.